The Morgan fingerprint density at radius 2 is 1.00 bits per heavy atom. The van der Waals surface area contributed by atoms with E-state index < -0.39 is 6.10 Å². The van der Waals surface area contributed by atoms with Gasteiger partial charge < -0.3 is 5.11 Å². The standard InChI is InChI=1S/C29H28O/c1-19-8-5-11-23(16-19)26-14-15-27(24-12-6-9-20(2)17-24)29(28(26)22(4)30)25-13-7-10-21(3)18-25/h5-18,22,30H,1-4H3/t22-/m0/s1. The van der Waals surface area contributed by atoms with Crippen LogP contribution in [0, 0.1) is 20.8 Å². The van der Waals surface area contributed by atoms with Gasteiger partial charge in [-0.25, -0.2) is 0 Å². The third-order valence-electron chi connectivity index (χ3n) is 5.63. The van der Waals surface area contributed by atoms with Crippen LogP contribution in [0.2, 0.25) is 0 Å². The zero-order valence-corrected chi connectivity index (χ0v) is 18.1. The summed E-state index contributed by atoms with van der Waals surface area (Å²) in [5.41, 5.74) is 11.4. The Morgan fingerprint density at radius 3 is 1.50 bits per heavy atom. The van der Waals surface area contributed by atoms with Crippen LogP contribution < -0.4 is 0 Å². The Bertz CT molecular complexity index is 1200. The Hall–Kier alpha value is -3.16. The first kappa shape index (κ1) is 20.1. The number of aliphatic hydroxyl groups is 1. The maximum Gasteiger partial charge on any atom is 0.0774 e. The average Bonchev–Trinajstić information content (AvgIpc) is 2.72. The number of hydrogen-bond acceptors (Lipinski definition) is 1. The predicted octanol–water partition coefficient (Wildman–Crippen LogP) is 7.67. The molecule has 1 nitrogen and oxygen atoms in total. The molecule has 1 heteroatoms. The summed E-state index contributed by atoms with van der Waals surface area (Å²) in [6.45, 7) is 8.21. The first-order chi connectivity index (χ1) is 14.4. The van der Waals surface area contributed by atoms with Crippen molar-refractivity contribution in [2.24, 2.45) is 0 Å². The van der Waals surface area contributed by atoms with Crippen molar-refractivity contribution in [2.75, 3.05) is 0 Å². The normalized spacial score (nSPS) is 12.0. The van der Waals surface area contributed by atoms with E-state index in [4.69, 9.17) is 0 Å². The summed E-state index contributed by atoms with van der Waals surface area (Å²) in [5.74, 6) is 0. The number of benzene rings is 4. The SMILES string of the molecule is Cc1cccc(-c2ccc(-c3cccc(C)c3)c([C@H](C)O)c2-c2cccc(C)c2)c1. The van der Waals surface area contributed by atoms with Gasteiger partial charge in [-0.2, -0.15) is 0 Å². The molecular weight excluding hydrogens is 364 g/mol. The molecule has 30 heavy (non-hydrogen) atoms. The molecular formula is C29H28O. The van der Waals surface area contributed by atoms with Gasteiger partial charge in [-0.1, -0.05) is 102 Å². The van der Waals surface area contributed by atoms with Crippen LogP contribution in [0.25, 0.3) is 33.4 Å². The summed E-state index contributed by atoms with van der Waals surface area (Å²) in [7, 11) is 0. The van der Waals surface area contributed by atoms with Crippen LogP contribution in [0.3, 0.4) is 0 Å². The first-order valence-electron chi connectivity index (χ1n) is 10.5. The highest BCUT2D eigenvalue weighted by Crippen LogP contribution is 2.43. The highest BCUT2D eigenvalue weighted by Gasteiger charge is 2.21. The fourth-order valence-corrected chi connectivity index (χ4v) is 4.28. The molecule has 0 radical (unpaired) electrons. The first-order valence-corrected chi connectivity index (χ1v) is 10.5. The molecule has 0 saturated carbocycles. The Morgan fingerprint density at radius 1 is 0.567 bits per heavy atom. The molecule has 4 aromatic rings. The summed E-state index contributed by atoms with van der Waals surface area (Å²) < 4.78 is 0. The minimum Gasteiger partial charge on any atom is -0.389 e. The van der Waals surface area contributed by atoms with E-state index in [9.17, 15) is 5.11 Å². The quantitative estimate of drug-likeness (QED) is 0.378. The molecule has 1 atom stereocenters. The summed E-state index contributed by atoms with van der Waals surface area (Å²) in [5, 5.41) is 11.0. The molecule has 0 aliphatic carbocycles. The maximum absolute atomic E-state index is 11.0. The van der Waals surface area contributed by atoms with E-state index in [1.54, 1.807) is 0 Å². The highest BCUT2D eigenvalue weighted by molar-refractivity contribution is 5.91. The molecule has 0 aliphatic heterocycles. The van der Waals surface area contributed by atoms with E-state index >= 15 is 0 Å². The van der Waals surface area contributed by atoms with Crippen molar-refractivity contribution in [3.05, 3.63) is 107 Å². The van der Waals surface area contributed by atoms with Gasteiger partial charge in [-0.3, -0.25) is 0 Å². The monoisotopic (exact) mass is 392 g/mol. The Labute approximate surface area is 179 Å². The molecule has 150 valence electrons. The van der Waals surface area contributed by atoms with Gasteiger partial charge in [-0.15, -0.1) is 0 Å². The molecule has 0 unspecified atom stereocenters. The van der Waals surface area contributed by atoms with E-state index in [1.165, 1.54) is 22.3 Å². The van der Waals surface area contributed by atoms with Gasteiger partial charge in [0, 0.05) is 0 Å². The third kappa shape index (κ3) is 3.94. The van der Waals surface area contributed by atoms with Gasteiger partial charge in [-0.05, 0) is 66.6 Å². The summed E-state index contributed by atoms with van der Waals surface area (Å²) in [6, 6.07) is 30.0. The number of hydrogen-bond donors (Lipinski definition) is 1. The second-order valence-electron chi connectivity index (χ2n) is 8.23. The molecule has 0 spiro atoms. The topological polar surface area (TPSA) is 20.2 Å². The van der Waals surface area contributed by atoms with Crippen molar-refractivity contribution >= 4 is 0 Å². The molecule has 0 amide bonds. The van der Waals surface area contributed by atoms with Crippen molar-refractivity contribution in [3.63, 3.8) is 0 Å². The summed E-state index contributed by atoms with van der Waals surface area (Å²) in [6.07, 6.45) is -0.596. The van der Waals surface area contributed by atoms with Crippen molar-refractivity contribution in [1.29, 1.82) is 0 Å². The highest BCUT2D eigenvalue weighted by atomic mass is 16.3. The fourth-order valence-electron chi connectivity index (χ4n) is 4.28. The van der Waals surface area contributed by atoms with Crippen LogP contribution in [-0.4, -0.2) is 5.11 Å². The van der Waals surface area contributed by atoms with E-state index in [-0.39, 0.29) is 0 Å². The largest absolute Gasteiger partial charge is 0.389 e. The van der Waals surface area contributed by atoms with Crippen molar-refractivity contribution < 1.29 is 5.11 Å². The molecule has 1 N–H and O–H groups in total. The van der Waals surface area contributed by atoms with E-state index in [2.05, 4.69) is 106 Å². The van der Waals surface area contributed by atoms with Gasteiger partial charge in [0.05, 0.1) is 6.10 Å². The van der Waals surface area contributed by atoms with Crippen molar-refractivity contribution in [1.82, 2.24) is 0 Å². The summed E-state index contributed by atoms with van der Waals surface area (Å²) in [4.78, 5) is 0. The smallest absolute Gasteiger partial charge is 0.0774 e. The van der Waals surface area contributed by atoms with E-state index in [0.29, 0.717) is 0 Å². The molecule has 0 aromatic heterocycles. The number of aryl methyl sites for hydroxylation is 3. The van der Waals surface area contributed by atoms with Crippen LogP contribution in [0.15, 0.2) is 84.9 Å². The van der Waals surface area contributed by atoms with E-state index in [0.717, 1.165) is 33.4 Å². The van der Waals surface area contributed by atoms with Gasteiger partial charge in [0.25, 0.3) is 0 Å². The maximum atomic E-state index is 11.0. The number of aliphatic hydroxyl groups excluding tert-OH is 1. The molecule has 0 saturated heterocycles. The van der Waals surface area contributed by atoms with Gasteiger partial charge in [0.15, 0.2) is 0 Å². The lowest BCUT2D eigenvalue weighted by atomic mass is 9.83. The third-order valence-corrected chi connectivity index (χ3v) is 5.63. The second kappa shape index (κ2) is 8.30. The minimum atomic E-state index is -0.596. The lowest BCUT2D eigenvalue weighted by Crippen LogP contribution is -2.02. The van der Waals surface area contributed by atoms with Gasteiger partial charge >= 0.3 is 0 Å². The van der Waals surface area contributed by atoms with Gasteiger partial charge in [0.2, 0.25) is 0 Å². The van der Waals surface area contributed by atoms with E-state index in [1.807, 2.05) is 6.92 Å². The predicted molar refractivity (Wildman–Crippen MR) is 128 cm³/mol. The zero-order valence-electron chi connectivity index (χ0n) is 18.1. The minimum absolute atomic E-state index is 0.596. The van der Waals surface area contributed by atoms with Crippen LogP contribution in [-0.2, 0) is 0 Å². The molecule has 4 rings (SSSR count). The van der Waals surface area contributed by atoms with Crippen LogP contribution >= 0.6 is 0 Å². The lowest BCUT2D eigenvalue weighted by Gasteiger charge is -2.22. The molecule has 0 bridgehead atoms. The fraction of sp³-hybridized carbons (Fsp3) is 0.172. The zero-order chi connectivity index (χ0) is 21.3. The van der Waals surface area contributed by atoms with Crippen molar-refractivity contribution in [2.45, 2.75) is 33.8 Å². The molecule has 0 heterocycles. The Balaban J connectivity index is 2.09. The second-order valence-corrected chi connectivity index (χ2v) is 8.23. The van der Waals surface area contributed by atoms with Crippen LogP contribution in [0.5, 0.6) is 0 Å². The molecule has 4 aromatic carbocycles. The van der Waals surface area contributed by atoms with Gasteiger partial charge in [0.1, 0.15) is 0 Å². The van der Waals surface area contributed by atoms with Crippen molar-refractivity contribution in [3.8, 4) is 33.4 Å². The Kier molecular flexibility index (Phi) is 5.57. The number of rotatable bonds is 4. The molecule has 0 aliphatic rings. The van der Waals surface area contributed by atoms with Crippen LogP contribution in [0.1, 0.15) is 35.3 Å². The molecule has 0 fully saturated rings. The average molecular weight is 393 g/mol. The van der Waals surface area contributed by atoms with Crippen LogP contribution in [0.4, 0.5) is 0 Å². The summed E-state index contributed by atoms with van der Waals surface area (Å²) >= 11 is 0. The lowest BCUT2D eigenvalue weighted by molar-refractivity contribution is 0.200.